The number of hydrogen-bond donors (Lipinski definition) is 0. The van der Waals surface area contributed by atoms with Gasteiger partial charge in [-0.2, -0.15) is 0 Å². The SMILES string of the molecule is Clc1ccc(Cl)c(Cc2c(Cl)cc(-c3ccccc3)c(Cl)c2-c2ccccc2)c1. The third-order valence-electron chi connectivity index (χ3n) is 4.84. The third-order valence-corrected chi connectivity index (χ3v) is 6.17. The topological polar surface area (TPSA) is 0 Å². The van der Waals surface area contributed by atoms with Crippen molar-refractivity contribution in [2.24, 2.45) is 0 Å². The second-order valence-corrected chi connectivity index (χ2v) is 8.35. The summed E-state index contributed by atoms with van der Waals surface area (Å²) in [6.07, 6.45) is 0.525. The van der Waals surface area contributed by atoms with Crippen molar-refractivity contribution in [1.29, 1.82) is 0 Å². The highest BCUT2D eigenvalue weighted by atomic mass is 35.5. The van der Waals surface area contributed by atoms with E-state index in [9.17, 15) is 0 Å². The van der Waals surface area contributed by atoms with Gasteiger partial charge in [0, 0.05) is 32.6 Å². The van der Waals surface area contributed by atoms with E-state index in [1.54, 1.807) is 12.1 Å². The molecule has 144 valence electrons. The van der Waals surface area contributed by atoms with Gasteiger partial charge in [0.2, 0.25) is 0 Å². The van der Waals surface area contributed by atoms with E-state index in [-0.39, 0.29) is 0 Å². The highest BCUT2D eigenvalue weighted by molar-refractivity contribution is 6.39. The highest BCUT2D eigenvalue weighted by Gasteiger charge is 2.19. The molecule has 0 unspecified atom stereocenters. The van der Waals surface area contributed by atoms with E-state index in [0.717, 1.165) is 33.4 Å². The van der Waals surface area contributed by atoms with E-state index in [1.165, 1.54) is 0 Å². The van der Waals surface area contributed by atoms with Crippen LogP contribution in [0.15, 0.2) is 84.9 Å². The number of hydrogen-bond acceptors (Lipinski definition) is 0. The Hall–Kier alpha value is -1.96. The molecule has 0 fully saturated rings. The summed E-state index contributed by atoms with van der Waals surface area (Å²) in [6.45, 7) is 0. The minimum atomic E-state index is 0.525. The second-order valence-electron chi connectivity index (χ2n) is 6.72. The van der Waals surface area contributed by atoms with Crippen LogP contribution in [0.25, 0.3) is 22.3 Å². The first kappa shape index (κ1) is 20.3. The van der Waals surface area contributed by atoms with Crippen molar-refractivity contribution in [3.63, 3.8) is 0 Å². The van der Waals surface area contributed by atoms with Crippen molar-refractivity contribution < 1.29 is 0 Å². The van der Waals surface area contributed by atoms with Gasteiger partial charge in [-0.1, -0.05) is 107 Å². The zero-order valence-corrected chi connectivity index (χ0v) is 18.3. The van der Waals surface area contributed by atoms with Crippen molar-refractivity contribution in [2.75, 3.05) is 0 Å². The molecule has 0 aliphatic rings. The van der Waals surface area contributed by atoms with Crippen molar-refractivity contribution >= 4 is 46.4 Å². The minimum Gasteiger partial charge on any atom is -0.0843 e. The van der Waals surface area contributed by atoms with Crippen LogP contribution in [0.1, 0.15) is 11.1 Å². The molecule has 4 aromatic carbocycles. The van der Waals surface area contributed by atoms with Crippen molar-refractivity contribution in [3.05, 3.63) is 116 Å². The van der Waals surface area contributed by atoms with Crippen LogP contribution in [0.3, 0.4) is 0 Å². The Morgan fingerprint density at radius 1 is 0.586 bits per heavy atom. The average Bonchev–Trinajstić information content (AvgIpc) is 2.74. The van der Waals surface area contributed by atoms with Crippen LogP contribution in [0, 0.1) is 0 Å². The van der Waals surface area contributed by atoms with Crippen molar-refractivity contribution in [3.8, 4) is 22.3 Å². The Morgan fingerprint density at radius 2 is 1.21 bits per heavy atom. The Bertz CT molecular complexity index is 1150. The van der Waals surface area contributed by atoms with Crippen LogP contribution in [0.4, 0.5) is 0 Å². The van der Waals surface area contributed by atoms with Gasteiger partial charge in [-0.15, -0.1) is 0 Å². The summed E-state index contributed by atoms with van der Waals surface area (Å²) in [7, 11) is 0. The van der Waals surface area contributed by atoms with E-state index >= 15 is 0 Å². The monoisotopic (exact) mass is 456 g/mol. The van der Waals surface area contributed by atoms with Gasteiger partial charge in [-0.05, 0) is 46.5 Å². The fraction of sp³-hybridized carbons (Fsp3) is 0.0400. The number of benzene rings is 4. The molecule has 4 aromatic rings. The van der Waals surface area contributed by atoms with E-state index in [0.29, 0.717) is 26.5 Å². The second kappa shape index (κ2) is 8.81. The lowest BCUT2D eigenvalue weighted by Gasteiger charge is -2.18. The van der Waals surface area contributed by atoms with Gasteiger partial charge in [0.05, 0.1) is 5.02 Å². The van der Waals surface area contributed by atoms with Gasteiger partial charge in [0.1, 0.15) is 0 Å². The molecule has 0 nitrogen and oxygen atoms in total. The average molecular weight is 458 g/mol. The van der Waals surface area contributed by atoms with Gasteiger partial charge >= 0.3 is 0 Å². The van der Waals surface area contributed by atoms with Crippen LogP contribution >= 0.6 is 46.4 Å². The first-order chi connectivity index (χ1) is 14.0. The molecule has 29 heavy (non-hydrogen) atoms. The molecule has 0 spiro atoms. The normalized spacial score (nSPS) is 10.9. The molecule has 0 saturated carbocycles. The molecule has 0 heterocycles. The van der Waals surface area contributed by atoms with Gasteiger partial charge in [0.15, 0.2) is 0 Å². The minimum absolute atomic E-state index is 0.525. The maximum absolute atomic E-state index is 6.97. The van der Waals surface area contributed by atoms with E-state index in [2.05, 4.69) is 0 Å². The molecular weight excluding hydrogens is 442 g/mol. The Balaban J connectivity index is 1.95. The maximum Gasteiger partial charge on any atom is 0.0566 e. The molecule has 0 aliphatic carbocycles. The quantitative estimate of drug-likeness (QED) is 0.286. The van der Waals surface area contributed by atoms with Crippen LogP contribution < -0.4 is 0 Å². The Kier molecular flexibility index (Phi) is 6.18. The molecular formula is C25H16Cl4. The lowest BCUT2D eigenvalue weighted by molar-refractivity contribution is 1.20. The van der Waals surface area contributed by atoms with Gasteiger partial charge in [-0.25, -0.2) is 0 Å². The van der Waals surface area contributed by atoms with Crippen LogP contribution in [-0.2, 0) is 6.42 Å². The fourth-order valence-corrected chi connectivity index (χ4v) is 4.48. The summed E-state index contributed by atoms with van der Waals surface area (Å²) >= 11 is 26.4. The largest absolute Gasteiger partial charge is 0.0843 e. The third kappa shape index (κ3) is 4.32. The molecule has 0 bridgehead atoms. The van der Waals surface area contributed by atoms with Crippen molar-refractivity contribution in [2.45, 2.75) is 6.42 Å². The summed E-state index contributed by atoms with van der Waals surface area (Å²) in [4.78, 5) is 0. The molecule has 0 amide bonds. The zero-order chi connectivity index (χ0) is 20.4. The predicted molar refractivity (Wildman–Crippen MR) is 127 cm³/mol. The lowest BCUT2D eigenvalue weighted by Crippen LogP contribution is -1.98. The van der Waals surface area contributed by atoms with Crippen LogP contribution in [0.5, 0.6) is 0 Å². The predicted octanol–water partition coefficient (Wildman–Crippen LogP) is 9.22. The molecule has 0 aromatic heterocycles. The van der Waals surface area contributed by atoms with E-state index in [1.807, 2.05) is 72.8 Å². The lowest BCUT2D eigenvalue weighted by atomic mass is 9.91. The van der Waals surface area contributed by atoms with E-state index < -0.39 is 0 Å². The summed E-state index contributed by atoms with van der Waals surface area (Å²) in [5.41, 5.74) is 5.66. The van der Waals surface area contributed by atoms with Crippen LogP contribution in [0.2, 0.25) is 20.1 Å². The first-order valence-corrected chi connectivity index (χ1v) is 10.6. The summed E-state index contributed by atoms with van der Waals surface area (Å²) in [6, 6.07) is 27.4. The van der Waals surface area contributed by atoms with E-state index in [4.69, 9.17) is 46.4 Å². The summed E-state index contributed by atoms with van der Waals surface area (Å²) < 4.78 is 0. The smallest absolute Gasteiger partial charge is 0.0566 e. The maximum atomic E-state index is 6.97. The first-order valence-electron chi connectivity index (χ1n) is 9.10. The molecule has 4 rings (SSSR count). The number of halogens is 4. The molecule has 4 heteroatoms. The fourth-order valence-electron chi connectivity index (χ4n) is 3.44. The van der Waals surface area contributed by atoms with Gasteiger partial charge in [0.25, 0.3) is 0 Å². The molecule has 0 N–H and O–H groups in total. The Labute approximate surface area is 190 Å². The molecule has 0 saturated heterocycles. The standard InChI is InChI=1S/C25H16Cl4/c26-19-11-12-22(27)18(13-19)14-21-23(28)15-20(16-7-3-1-4-8-16)25(29)24(21)17-9-5-2-6-10-17/h1-13,15H,14H2. The van der Waals surface area contributed by atoms with Gasteiger partial charge in [-0.3, -0.25) is 0 Å². The zero-order valence-electron chi connectivity index (χ0n) is 15.3. The molecule has 0 atom stereocenters. The Morgan fingerprint density at radius 3 is 1.86 bits per heavy atom. The van der Waals surface area contributed by atoms with Gasteiger partial charge < -0.3 is 0 Å². The van der Waals surface area contributed by atoms with Crippen LogP contribution in [-0.4, -0.2) is 0 Å². The highest BCUT2D eigenvalue weighted by Crippen LogP contribution is 2.43. The molecule has 0 radical (unpaired) electrons. The molecule has 0 aliphatic heterocycles. The summed E-state index contributed by atoms with van der Waals surface area (Å²) in [5.74, 6) is 0. The van der Waals surface area contributed by atoms with Crippen molar-refractivity contribution in [1.82, 2.24) is 0 Å². The summed E-state index contributed by atoms with van der Waals surface area (Å²) in [5, 5.41) is 2.59. The number of rotatable bonds is 4.